The molecule has 1 unspecified atom stereocenters. The van der Waals surface area contributed by atoms with Crippen LogP contribution in [0, 0.1) is 0 Å². The van der Waals surface area contributed by atoms with Crippen LogP contribution >= 0.6 is 23.2 Å². The minimum atomic E-state index is -0.700. The number of halogens is 2. The Morgan fingerprint density at radius 2 is 1.49 bits per heavy atom. The Kier molecular flexibility index (Phi) is 8.79. The molecule has 0 bridgehead atoms. The molecule has 0 spiro atoms. The van der Waals surface area contributed by atoms with Gasteiger partial charge in [-0.25, -0.2) is 9.59 Å². The van der Waals surface area contributed by atoms with Crippen LogP contribution in [0.4, 0.5) is 5.69 Å². The Morgan fingerprint density at radius 1 is 0.892 bits per heavy atom. The van der Waals surface area contributed by atoms with E-state index in [1.807, 2.05) is 36.4 Å². The van der Waals surface area contributed by atoms with Crippen LogP contribution in [0.1, 0.15) is 25.3 Å². The van der Waals surface area contributed by atoms with Crippen molar-refractivity contribution in [3.63, 3.8) is 0 Å². The maximum atomic E-state index is 13.4. The van der Waals surface area contributed by atoms with Gasteiger partial charge in [0.25, 0.3) is 0 Å². The van der Waals surface area contributed by atoms with Crippen molar-refractivity contribution in [2.75, 3.05) is 51.3 Å². The van der Waals surface area contributed by atoms with E-state index in [2.05, 4.69) is 15.1 Å². The van der Waals surface area contributed by atoms with Crippen LogP contribution in [-0.4, -0.2) is 63.3 Å². The summed E-state index contributed by atoms with van der Waals surface area (Å²) in [5.74, 6) is -1.71. The van der Waals surface area contributed by atoms with E-state index in [-0.39, 0.29) is 6.61 Å². The Labute approximate surface area is 227 Å². The van der Waals surface area contributed by atoms with Gasteiger partial charge in [-0.3, -0.25) is 4.90 Å². The van der Waals surface area contributed by atoms with Gasteiger partial charge in [0.1, 0.15) is 6.61 Å². The second-order valence-electron chi connectivity index (χ2n) is 9.06. The third-order valence-corrected chi connectivity index (χ3v) is 7.47. The predicted molar refractivity (Wildman–Crippen MR) is 146 cm³/mol. The van der Waals surface area contributed by atoms with Crippen molar-refractivity contribution in [2.45, 2.75) is 19.8 Å². The van der Waals surface area contributed by atoms with Gasteiger partial charge in [0.2, 0.25) is 0 Å². The van der Waals surface area contributed by atoms with E-state index in [4.69, 9.17) is 32.7 Å². The van der Waals surface area contributed by atoms with Crippen LogP contribution in [0.2, 0.25) is 10.0 Å². The van der Waals surface area contributed by atoms with Crippen LogP contribution in [0.5, 0.6) is 0 Å². The normalized spacial score (nSPS) is 18.5. The zero-order chi connectivity index (χ0) is 26.5. The Morgan fingerprint density at radius 3 is 2.11 bits per heavy atom. The summed E-state index contributed by atoms with van der Waals surface area (Å²) in [4.78, 5) is 30.7. The van der Waals surface area contributed by atoms with Gasteiger partial charge < -0.3 is 19.7 Å². The number of methoxy groups -OCH3 is 1. The number of para-hydroxylation sites is 1. The molecule has 1 N–H and O–H groups in total. The SMILES string of the molecule is COC(=O)C1=C(C)NC(C)=C(C(=O)OCCN2CCN(c3ccccc3Cl)CC2)C1c1ccccc1Cl. The molecule has 0 amide bonds. The number of dihydropyridines is 1. The van der Waals surface area contributed by atoms with Crippen LogP contribution in [0.25, 0.3) is 0 Å². The number of nitrogens with one attached hydrogen (secondary N) is 1. The van der Waals surface area contributed by atoms with Crippen molar-refractivity contribution < 1.29 is 19.1 Å². The highest BCUT2D eigenvalue weighted by atomic mass is 35.5. The van der Waals surface area contributed by atoms with Crippen molar-refractivity contribution in [2.24, 2.45) is 0 Å². The lowest BCUT2D eigenvalue weighted by Crippen LogP contribution is -2.47. The number of nitrogens with zero attached hydrogens (tertiary/aromatic N) is 2. The third-order valence-electron chi connectivity index (χ3n) is 6.81. The van der Waals surface area contributed by atoms with Gasteiger partial charge in [0, 0.05) is 49.1 Å². The molecule has 2 aliphatic rings. The van der Waals surface area contributed by atoms with Gasteiger partial charge in [-0.05, 0) is 37.6 Å². The highest BCUT2D eigenvalue weighted by molar-refractivity contribution is 6.33. The second kappa shape index (κ2) is 12.0. The van der Waals surface area contributed by atoms with Gasteiger partial charge in [-0.1, -0.05) is 53.5 Å². The molecule has 1 atom stereocenters. The van der Waals surface area contributed by atoms with Gasteiger partial charge in [0.05, 0.1) is 34.9 Å². The molecule has 1 fully saturated rings. The van der Waals surface area contributed by atoms with Gasteiger partial charge >= 0.3 is 11.9 Å². The number of hydrogen-bond donors (Lipinski definition) is 1. The number of benzene rings is 2. The maximum absolute atomic E-state index is 13.4. The lowest BCUT2D eigenvalue weighted by molar-refractivity contribution is -0.140. The molecule has 196 valence electrons. The van der Waals surface area contributed by atoms with Crippen molar-refractivity contribution >= 4 is 40.8 Å². The molecule has 7 nitrogen and oxygen atoms in total. The van der Waals surface area contributed by atoms with E-state index in [0.717, 1.165) is 36.9 Å². The fourth-order valence-electron chi connectivity index (χ4n) is 4.93. The average Bonchev–Trinajstić information content (AvgIpc) is 2.89. The monoisotopic (exact) mass is 543 g/mol. The summed E-state index contributed by atoms with van der Waals surface area (Å²) in [7, 11) is 1.32. The molecule has 2 aromatic carbocycles. The Bertz CT molecular complexity index is 1240. The second-order valence-corrected chi connectivity index (χ2v) is 9.88. The summed E-state index contributed by atoms with van der Waals surface area (Å²) in [6.07, 6.45) is 0. The van der Waals surface area contributed by atoms with E-state index >= 15 is 0 Å². The van der Waals surface area contributed by atoms with Crippen molar-refractivity contribution in [1.29, 1.82) is 0 Å². The van der Waals surface area contributed by atoms with Crippen LogP contribution in [0.15, 0.2) is 71.1 Å². The van der Waals surface area contributed by atoms with E-state index in [1.54, 1.807) is 26.0 Å². The third kappa shape index (κ3) is 5.95. The zero-order valence-electron chi connectivity index (χ0n) is 21.2. The highest BCUT2D eigenvalue weighted by Gasteiger charge is 2.38. The minimum Gasteiger partial charge on any atom is -0.466 e. The van der Waals surface area contributed by atoms with Gasteiger partial charge in [-0.15, -0.1) is 0 Å². The average molecular weight is 544 g/mol. The van der Waals surface area contributed by atoms with E-state index in [0.29, 0.717) is 39.7 Å². The van der Waals surface area contributed by atoms with E-state index < -0.39 is 17.9 Å². The molecular formula is C28H31Cl2N3O4. The van der Waals surface area contributed by atoms with Gasteiger partial charge in [-0.2, -0.15) is 0 Å². The number of piperazine rings is 1. The smallest absolute Gasteiger partial charge is 0.336 e. The Balaban J connectivity index is 1.43. The van der Waals surface area contributed by atoms with Crippen molar-refractivity contribution in [1.82, 2.24) is 10.2 Å². The number of ether oxygens (including phenoxy) is 2. The van der Waals surface area contributed by atoms with Crippen molar-refractivity contribution in [3.05, 3.63) is 86.7 Å². The number of carbonyl (C=O) groups excluding carboxylic acids is 2. The summed E-state index contributed by atoms with van der Waals surface area (Å²) in [6, 6.07) is 15.0. The lowest BCUT2D eigenvalue weighted by Gasteiger charge is -2.36. The van der Waals surface area contributed by atoms with Crippen LogP contribution in [-0.2, 0) is 19.1 Å². The fraction of sp³-hybridized carbons (Fsp3) is 0.357. The Hall–Kier alpha value is -3.00. The summed E-state index contributed by atoms with van der Waals surface area (Å²) in [5.41, 5.74) is 3.60. The predicted octanol–water partition coefficient (Wildman–Crippen LogP) is 4.77. The molecule has 0 aliphatic carbocycles. The summed E-state index contributed by atoms with van der Waals surface area (Å²) >= 11 is 12.9. The number of esters is 2. The number of allylic oxidation sites excluding steroid dienone is 2. The van der Waals surface area contributed by atoms with Crippen molar-refractivity contribution in [3.8, 4) is 0 Å². The molecule has 2 aromatic rings. The molecule has 0 saturated carbocycles. The molecule has 2 heterocycles. The van der Waals surface area contributed by atoms with E-state index in [9.17, 15) is 9.59 Å². The van der Waals surface area contributed by atoms with E-state index in [1.165, 1.54) is 7.11 Å². The summed E-state index contributed by atoms with van der Waals surface area (Å²) in [6.45, 7) is 7.77. The van der Waals surface area contributed by atoms with Crippen LogP contribution < -0.4 is 10.2 Å². The van der Waals surface area contributed by atoms with Gasteiger partial charge in [0.15, 0.2) is 0 Å². The molecule has 9 heteroatoms. The molecule has 0 radical (unpaired) electrons. The molecule has 2 aliphatic heterocycles. The first-order chi connectivity index (χ1) is 17.8. The number of carbonyl (C=O) groups is 2. The molecule has 37 heavy (non-hydrogen) atoms. The highest BCUT2D eigenvalue weighted by Crippen LogP contribution is 2.41. The molecule has 0 aromatic heterocycles. The lowest BCUT2D eigenvalue weighted by atomic mass is 9.80. The summed E-state index contributed by atoms with van der Waals surface area (Å²) < 4.78 is 10.8. The molecular weight excluding hydrogens is 513 g/mol. The topological polar surface area (TPSA) is 71.1 Å². The first-order valence-corrected chi connectivity index (χ1v) is 13.0. The molecule has 1 saturated heterocycles. The van der Waals surface area contributed by atoms with Crippen LogP contribution in [0.3, 0.4) is 0 Å². The first kappa shape index (κ1) is 27.0. The largest absolute Gasteiger partial charge is 0.466 e. The zero-order valence-corrected chi connectivity index (χ0v) is 22.7. The summed E-state index contributed by atoms with van der Waals surface area (Å²) in [5, 5.41) is 4.35. The fourth-order valence-corrected chi connectivity index (χ4v) is 5.43. The first-order valence-electron chi connectivity index (χ1n) is 12.2. The maximum Gasteiger partial charge on any atom is 0.336 e. The minimum absolute atomic E-state index is 0.229. The molecule has 4 rings (SSSR count). The quantitative estimate of drug-likeness (QED) is 0.504. The number of hydrogen-bond acceptors (Lipinski definition) is 7. The number of rotatable bonds is 7. The standard InChI is InChI=1S/C28H31Cl2N3O4/c1-18-24(27(34)36-3)26(20-8-4-5-9-21(20)29)25(19(2)31-18)28(35)37-17-16-32-12-14-33(15-13-32)23-11-7-6-10-22(23)30/h4-11,26,31H,12-17H2,1-3H3. The number of anilines is 1.